The van der Waals surface area contributed by atoms with Gasteiger partial charge < -0.3 is 5.32 Å². The number of nitrogens with one attached hydrogen (secondary N) is 1. The predicted octanol–water partition coefficient (Wildman–Crippen LogP) is 4.10. The molecule has 3 atom stereocenters. The standard InChI is InChI=1S/C15H22FNS2/c1-3-13-15(19-9-8-18-13)14(17-4-2)11-6-5-7-12(16)10-11/h5-7,10,13-15,17H,3-4,8-9H2,1-2H3. The van der Waals surface area contributed by atoms with E-state index in [1.807, 2.05) is 23.9 Å². The molecule has 1 aliphatic heterocycles. The van der Waals surface area contributed by atoms with Crippen molar-refractivity contribution in [3.05, 3.63) is 35.6 Å². The zero-order chi connectivity index (χ0) is 13.7. The third-order valence-electron chi connectivity index (χ3n) is 3.45. The molecule has 1 saturated heterocycles. The van der Waals surface area contributed by atoms with E-state index in [4.69, 9.17) is 0 Å². The van der Waals surface area contributed by atoms with Gasteiger partial charge >= 0.3 is 0 Å². The quantitative estimate of drug-likeness (QED) is 0.879. The van der Waals surface area contributed by atoms with Crippen molar-refractivity contribution >= 4 is 23.5 Å². The first-order chi connectivity index (χ1) is 9.26. The second-order valence-corrected chi connectivity index (χ2v) is 7.38. The second kappa shape index (κ2) is 7.55. The zero-order valence-corrected chi connectivity index (χ0v) is 13.2. The average Bonchev–Trinajstić information content (AvgIpc) is 2.45. The van der Waals surface area contributed by atoms with Crippen LogP contribution in [0.1, 0.15) is 31.9 Å². The van der Waals surface area contributed by atoms with E-state index in [9.17, 15) is 4.39 Å². The minimum Gasteiger partial charge on any atom is -0.309 e. The monoisotopic (exact) mass is 299 g/mol. The molecule has 0 saturated carbocycles. The molecule has 0 aromatic heterocycles. The van der Waals surface area contributed by atoms with Crippen molar-refractivity contribution in [3.8, 4) is 0 Å². The molecule has 0 spiro atoms. The first-order valence-corrected chi connectivity index (χ1v) is 9.08. The Morgan fingerprint density at radius 2 is 2.11 bits per heavy atom. The molecule has 1 nitrogen and oxygen atoms in total. The minimum absolute atomic E-state index is 0.137. The van der Waals surface area contributed by atoms with Crippen LogP contribution in [-0.2, 0) is 0 Å². The topological polar surface area (TPSA) is 12.0 Å². The van der Waals surface area contributed by atoms with E-state index in [0.717, 1.165) is 12.1 Å². The zero-order valence-electron chi connectivity index (χ0n) is 11.6. The Morgan fingerprint density at radius 3 is 2.79 bits per heavy atom. The summed E-state index contributed by atoms with van der Waals surface area (Å²) in [5.74, 6) is 2.30. The van der Waals surface area contributed by atoms with E-state index in [1.54, 1.807) is 6.07 Å². The number of hydrogen-bond acceptors (Lipinski definition) is 3. The van der Waals surface area contributed by atoms with Crippen LogP contribution in [0.2, 0.25) is 0 Å². The second-order valence-electron chi connectivity index (χ2n) is 4.74. The van der Waals surface area contributed by atoms with Gasteiger partial charge in [0, 0.05) is 28.0 Å². The summed E-state index contributed by atoms with van der Waals surface area (Å²) in [6.45, 7) is 5.29. The number of rotatable bonds is 5. The van der Waals surface area contributed by atoms with Crippen molar-refractivity contribution in [1.29, 1.82) is 0 Å². The van der Waals surface area contributed by atoms with Crippen LogP contribution in [0.15, 0.2) is 24.3 Å². The van der Waals surface area contributed by atoms with Crippen molar-refractivity contribution < 1.29 is 4.39 Å². The molecule has 0 aliphatic carbocycles. The molecule has 0 amide bonds. The van der Waals surface area contributed by atoms with Gasteiger partial charge in [0.2, 0.25) is 0 Å². The van der Waals surface area contributed by atoms with Gasteiger partial charge in [-0.2, -0.15) is 23.5 Å². The van der Waals surface area contributed by atoms with Gasteiger partial charge in [0.15, 0.2) is 0 Å². The number of thioether (sulfide) groups is 2. The third kappa shape index (κ3) is 3.89. The third-order valence-corrected chi connectivity index (χ3v) is 6.81. The number of hydrogen-bond donors (Lipinski definition) is 1. The van der Waals surface area contributed by atoms with Gasteiger partial charge in [-0.1, -0.05) is 26.0 Å². The van der Waals surface area contributed by atoms with Gasteiger partial charge in [-0.05, 0) is 30.7 Å². The maximum atomic E-state index is 13.5. The lowest BCUT2D eigenvalue weighted by Crippen LogP contribution is -2.38. The highest BCUT2D eigenvalue weighted by Gasteiger charge is 2.32. The van der Waals surface area contributed by atoms with Crippen molar-refractivity contribution in [3.63, 3.8) is 0 Å². The number of halogens is 1. The van der Waals surface area contributed by atoms with Crippen LogP contribution in [0.3, 0.4) is 0 Å². The van der Waals surface area contributed by atoms with Crippen molar-refractivity contribution in [2.75, 3.05) is 18.1 Å². The summed E-state index contributed by atoms with van der Waals surface area (Å²) >= 11 is 4.11. The molecule has 0 radical (unpaired) electrons. The molecule has 19 heavy (non-hydrogen) atoms. The van der Waals surface area contributed by atoms with E-state index in [2.05, 4.69) is 30.9 Å². The molecule has 2 rings (SSSR count). The van der Waals surface area contributed by atoms with E-state index in [-0.39, 0.29) is 11.9 Å². The fourth-order valence-electron chi connectivity index (χ4n) is 2.59. The largest absolute Gasteiger partial charge is 0.309 e. The van der Waals surface area contributed by atoms with Crippen LogP contribution in [0, 0.1) is 5.82 Å². The van der Waals surface area contributed by atoms with Crippen LogP contribution in [-0.4, -0.2) is 28.6 Å². The lowest BCUT2D eigenvalue weighted by atomic mass is 10.00. The van der Waals surface area contributed by atoms with E-state index in [1.165, 1.54) is 24.0 Å². The lowest BCUT2D eigenvalue weighted by Gasteiger charge is -2.36. The minimum atomic E-state index is -0.137. The molecule has 4 heteroatoms. The first kappa shape index (κ1) is 15.2. The summed E-state index contributed by atoms with van der Waals surface area (Å²) in [6, 6.07) is 7.31. The molecule has 1 N–H and O–H groups in total. The maximum Gasteiger partial charge on any atom is 0.123 e. The lowest BCUT2D eigenvalue weighted by molar-refractivity contribution is 0.509. The van der Waals surface area contributed by atoms with Crippen LogP contribution in [0.5, 0.6) is 0 Å². The Morgan fingerprint density at radius 1 is 1.32 bits per heavy atom. The van der Waals surface area contributed by atoms with Gasteiger partial charge in [-0.25, -0.2) is 4.39 Å². The molecule has 1 heterocycles. The normalized spacial score (nSPS) is 25.2. The molecular formula is C15H22FNS2. The van der Waals surface area contributed by atoms with Gasteiger partial charge in [0.05, 0.1) is 0 Å². The Hall–Kier alpha value is -0.190. The highest BCUT2D eigenvalue weighted by atomic mass is 32.2. The molecule has 1 aliphatic rings. The SMILES string of the molecule is CCNC(c1cccc(F)c1)C1SCCSC1CC. The summed E-state index contributed by atoms with van der Waals surface area (Å²) in [7, 11) is 0. The Kier molecular flexibility index (Phi) is 6.05. The Labute approximate surface area is 124 Å². The van der Waals surface area contributed by atoms with Gasteiger partial charge in [0.25, 0.3) is 0 Å². The van der Waals surface area contributed by atoms with Gasteiger partial charge in [-0.3, -0.25) is 0 Å². The van der Waals surface area contributed by atoms with Gasteiger partial charge in [0.1, 0.15) is 5.82 Å². The molecular weight excluding hydrogens is 277 g/mol. The van der Waals surface area contributed by atoms with E-state index in [0.29, 0.717) is 10.5 Å². The number of benzene rings is 1. The summed E-state index contributed by atoms with van der Waals surface area (Å²) in [5, 5.41) is 4.75. The molecule has 1 fully saturated rings. The highest BCUT2D eigenvalue weighted by Crippen LogP contribution is 2.40. The summed E-state index contributed by atoms with van der Waals surface area (Å²) in [5.41, 5.74) is 1.08. The smallest absolute Gasteiger partial charge is 0.123 e. The summed E-state index contributed by atoms with van der Waals surface area (Å²) in [6.07, 6.45) is 1.18. The summed E-state index contributed by atoms with van der Waals surface area (Å²) < 4.78 is 13.5. The molecule has 0 bridgehead atoms. The van der Waals surface area contributed by atoms with Crippen molar-refractivity contribution in [1.82, 2.24) is 5.32 Å². The molecule has 106 valence electrons. The first-order valence-electron chi connectivity index (χ1n) is 6.98. The maximum absolute atomic E-state index is 13.5. The fourth-order valence-corrected chi connectivity index (χ4v) is 5.84. The molecule has 1 aromatic carbocycles. The Balaban J connectivity index is 2.23. The predicted molar refractivity (Wildman–Crippen MR) is 85.6 cm³/mol. The Bertz CT molecular complexity index is 399. The van der Waals surface area contributed by atoms with E-state index >= 15 is 0 Å². The van der Waals surface area contributed by atoms with E-state index < -0.39 is 0 Å². The highest BCUT2D eigenvalue weighted by molar-refractivity contribution is 8.07. The van der Waals surface area contributed by atoms with Crippen molar-refractivity contribution in [2.24, 2.45) is 0 Å². The van der Waals surface area contributed by atoms with Crippen LogP contribution < -0.4 is 5.32 Å². The summed E-state index contributed by atoms with van der Waals surface area (Å²) in [4.78, 5) is 0. The fraction of sp³-hybridized carbons (Fsp3) is 0.600. The molecule has 3 unspecified atom stereocenters. The average molecular weight is 299 g/mol. The van der Waals surface area contributed by atoms with Crippen molar-refractivity contribution in [2.45, 2.75) is 36.8 Å². The van der Waals surface area contributed by atoms with Crippen LogP contribution >= 0.6 is 23.5 Å². The van der Waals surface area contributed by atoms with Crippen LogP contribution in [0.4, 0.5) is 4.39 Å². The molecule has 1 aromatic rings. The van der Waals surface area contributed by atoms with Gasteiger partial charge in [-0.15, -0.1) is 0 Å². The van der Waals surface area contributed by atoms with Crippen LogP contribution in [0.25, 0.3) is 0 Å².